The second kappa shape index (κ2) is 5.39. The molecule has 5 heteroatoms. The maximum absolute atomic E-state index is 10.8. The lowest BCUT2D eigenvalue weighted by Crippen LogP contribution is -2.07. The Hall–Kier alpha value is -2.56. The molecule has 0 radical (unpaired) electrons. The fraction of sp³-hybridized carbons (Fsp3) is 0.143. The number of hydrogen-bond donors (Lipinski definition) is 2. The molecule has 2 aromatic rings. The summed E-state index contributed by atoms with van der Waals surface area (Å²) in [7, 11) is 0. The molecule has 1 heterocycles. The monoisotopic (exact) mass is 258 g/mol. The maximum Gasteiger partial charge on any atom is 0.335 e. The van der Waals surface area contributed by atoms with Gasteiger partial charge in [-0.1, -0.05) is 6.07 Å². The average molecular weight is 258 g/mol. The van der Waals surface area contributed by atoms with Crippen molar-refractivity contribution >= 4 is 11.7 Å². The van der Waals surface area contributed by atoms with Crippen LogP contribution in [-0.2, 0) is 0 Å². The standard InChI is InChI=1S/C14H14N2O3/c1-9(12-4-2-3-7-16-12)19-13-6-5-10(14(17)18)8-11(13)15/h2-9H,15H2,1H3,(H,17,18). The molecule has 0 aliphatic rings. The van der Waals surface area contributed by atoms with E-state index in [1.54, 1.807) is 12.3 Å². The van der Waals surface area contributed by atoms with Gasteiger partial charge in [0.2, 0.25) is 0 Å². The van der Waals surface area contributed by atoms with Crippen LogP contribution in [0.1, 0.15) is 29.1 Å². The lowest BCUT2D eigenvalue weighted by atomic mass is 10.2. The van der Waals surface area contributed by atoms with E-state index >= 15 is 0 Å². The lowest BCUT2D eigenvalue weighted by molar-refractivity contribution is 0.0697. The first-order valence-corrected chi connectivity index (χ1v) is 5.78. The molecular formula is C14H14N2O3. The van der Waals surface area contributed by atoms with Crippen LogP contribution in [0.15, 0.2) is 42.6 Å². The highest BCUT2D eigenvalue weighted by atomic mass is 16.5. The fourth-order valence-electron chi connectivity index (χ4n) is 1.66. The zero-order valence-corrected chi connectivity index (χ0v) is 10.4. The zero-order valence-electron chi connectivity index (χ0n) is 10.4. The van der Waals surface area contributed by atoms with Crippen molar-refractivity contribution in [3.8, 4) is 5.75 Å². The molecule has 1 aromatic heterocycles. The molecule has 5 nitrogen and oxygen atoms in total. The molecule has 0 amide bonds. The fourth-order valence-corrected chi connectivity index (χ4v) is 1.66. The van der Waals surface area contributed by atoms with Gasteiger partial charge in [-0.15, -0.1) is 0 Å². The number of ether oxygens (including phenoxy) is 1. The average Bonchev–Trinajstić information content (AvgIpc) is 2.41. The topological polar surface area (TPSA) is 85.4 Å². The molecule has 0 spiro atoms. The van der Waals surface area contributed by atoms with Gasteiger partial charge < -0.3 is 15.6 Å². The molecule has 0 aliphatic carbocycles. The Bertz CT molecular complexity index is 584. The van der Waals surface area contributed by atoms with E-state index < -0.39 is 5.97 Å². The second-order valence-electron chi connectivity index (χ2n) is 4.07. The van der Waals surface area contributed by atoms with Gasteiger partial charge in [-0.05, 0) is 37.3 Å². The number of anilines is 1. The minimum atomic E-state index is -1.02. The van der Waals surface area contributed by atoms with Gasteiger partial charge in [0, 0.05) is 6.20 Å². The summed E-state index contributed by atoms with van der Waals surface area (Å²) in [6, 6.07) is 9.94. The summed E-state index contributed by atoms with van der Waals surface area (Å²) in [6.45, 7) is 1.85. The van der Waals surface area contributed by atoms with Gasteiger partial charge in [0.05, 0.1) is 16.9 Å². The summed E-state index contributed by atoms with van der Waals surface area (Å²) in [6.07, 6.45) is 1.42. The molecule has 1 atom stereocenters. The molecule has 3 N–H and O–H groups in total. The predicted octanol–water partition coefficient (Wildman–Crippen LogP) is 2.50. The molecular weight excluding hydrogens is 244 g/mol. The lowest BCUT2D eigenvalue weighted by Gasteiger charge is -2.15. The minimum absolute atomic E-state index is 0.135. The van der Waals surface area contributed by atoms with Crippen LogP contribution in [0.4, 0.5) is 5.69 Å². The number of carboxylic acid groups (broad SMARTS) is 1. The minimum Gasteiger partial charge on any atom is -0.482 e. The van der Waals surface area contributed by atoms with Crippen LogP contribution < -0.4 is 10.5 Å². The Balaban J connectivity index is 2.18. The number of benzene rings is 1. The van der Waals surface area contributed by atoms with Crippen molar-refractivity contribution in [2.24, 2.45) is 0 Å². The number of aromatic nitrogens is 1. The number of pyridine rings is 1. The third-order valence-corrected chi connectivity index (χ3v) is 2.66. The van der Waals surface area contributed by atoms with Crippen LogP contribution in [0.2, 0.25) is 0 Å². The number of nitrogen functional groups attached to an aromatic ring is 1. The van der Waals surface area contributed by atoms with Gasteiger partial charge in [-0.25, -0.2) is 4.79 Å². The maximum atomic E-state index is 10.8. The van der Waals surface area contributed by atoms with Gasteiger partial charge in [-0.2, -0.15) is 0 Å². The molecule has 0 saturated carbocycles. The Morgan fingerprint density at radius 2 is 2.16 bits per heavy atom. The smallest absolute Gasteiger partial charge is 0.335 e. The highest BCUT2D eigenvalue weighted by molar-refractivity contribution is 5.89. The van der Waals surface area contributed by atoms with Crippen molar-refractivity contribution < 1.29 is 14.6 Å². The Morgan fingerprint density at radius 3 is 2.74 bits per heavy atom. The first-order valence-electron chi connectivity index (χ1n) is 5.78. The second-order valence-corrected chi connectivity index (χ2v) is 4.07. The summed E-state index contributed by atoms with van der Waals surface area (Å²) < 4.78 is 5.69. The summed E-state index contributed by atoms with van der Waals surface area (Å²) in [5.41, 5.74) is 6.99. The molecule has 19 heavy (non-hydrogen) atoms. The van der Waals surface area contributed by atoms with E-state index in [1.165, 1.54) is 12.1 Å². The highest BCUT2D eigenvalue weighted by Gasteiger charge is 2.12. The van der Waals surface area contributed by atoms with E-state index in [4.69, 9.17) is 15.6 Å². The van der Waals surface area contributed by atoms with Crippen LogP contribution in [0.3, 0.4) is 0 Å². The molecule has 1 aromatic carbocycles. The van der Waals surface area contributed by atoms with Gasteiger partial charge in [0.1, 0.15) is 11.9 Å². The van der Waals surface area contributed by atoms with Gasteiger partial charge in [0.15, 0.2) is 0 Å². The number of carboxylic acids is 1. The van der Waals surface area contributed by atoms with Crippen molar-refractivity contribution in [3.63, 3.8) is 0 Å². The quantitative estimate of drug-likeness (QED) is 0.823. The largest absolute Gasteiger partial charge is 0.482 e. The summed E-state index contributed by atoms with van der Waals surface area (Å²) in [5, 5.41) is 8.85. The van der Waals surface area contributed by atoms with E-state index in [0.717, 1.165) is 5.69 Å². The molecule has 0 saturated heterocycles. The first-order chi connectivity index (χ1) is 9.08. The van der Waals surface area contributed by atoms with E-state index in [0.29, 0.717) is 11.4 Å². The van der Waals surface area contributed by atoms with Crippen LogP contribution in [0.5, 0.6) is 5.75 Å². The summed E-state index contributed by atoms with van der Waals surface area (Å²) in [5.74, 6) is -0.570. The van der Waals surface area contributed by atoms with E-state index in [-0.39, 0.29) is 11.7 Å². The van der Waals surface area contributed by atoms with Crippen molar-refractivity contribution in [2.75, 3.05) is 5.73 Å². The SMILES string of the molecule is CC(Oc1ccc(C(=O)O)cc1N)c1ccccn1. The van der Waals surface area contributed by atoms with Crippen molar-refractivity contribution in [2.45, 2.75) is 13.0 Å². The normalized spacial score (nSPS) is 11.8. The number of nitrogens with zero attached hydrogens (tertiary/aromatic N) is 1. The van der Waals surface area contributed by atoms with Crippen molar-refractivity contribution in [1.29, 1.82) is 0 Å². The molecule has 0 fully saturated rings. The number of rotatable bonds is 4. The van der Waals surface area contributed by atoms with Gasteiger partial charge >= 0.3 is 5.97 Å². The van der Waals surface area contributed by atoms with Gasteiger partial charge in [0.25, 0.3) is 0 Å². The van der Waals surface area contributed by atoms with E-state index in [1.807, 2.05) is 25.1 Å². The van der Waals surface area contributed by atoms with E-state index in [9.17, 15) is 4.79 Å². The first kappa shape index (κ1) is 12.9. The molecule has 0 aliphatic heterocycles. The van der Waals surface area contributed by atoms with Crippen LogP contribution >= 0.6 is 0 Å². The number of nitrogens with two attached hydrogens (primary N) is 1. The number of hydrogen-bond acceptors (Lipinski definition) is 4. The van der Waals surface area contributed by atoms with Crippen LogP contribution in [-0.4, -0.2) is 16.1 Å². The van der Waals surface area contributed by atoms with Crippen LogP contribution in [0, 0.1) is 0 Å². The third kappa shape index (κ3) is 3.01. The van der Waals surface area contributed by atoms with Crippen LogP contribution in [0.25, 0.3) is 0 Å². The Labute approximate surface area is 110 Å². The Morgan fingerprint density at radius 1 is 1.37 bits per heavy atom. The predicted molar refractivity (Wildman–Crippen MR) is 71.1 cm³/mol. The van der Waals surface area contributed by atoms with Crippen molar-refractivity contribution in [1.82, 2.24) is 4.98 Å². The Kier molecular flexibility index (Phi) is 3.66. The third-order valence-electron chi connectivity index (χ3n) is 2.66. The van der Waals surface area contributed by atoms with E-state index in [2.05, 4.69) is 4.98 Å². The molecule has 98 valence electrons. The summed E-state index contributed by atoms with van der Waals surface area (Å²) in [4.78, 5) is 15.0. The molecule has 0 bridgehead atoms. The number of carbonyl (C=O) groups is 1. The zero-order chi connectivity index (χ0) is 13.8. The molecule has 2 rings (SSSR count). The van der Waals surface area contributed by atoms with Gasteiger partial charge in [-0.3, -0.25) is 4.98 Å². The number of aromatic carboxylic acids is 1. The highest BCUT2D eigenvalue weighted by Crippen LogP contribution is 2.27. The molecule has 1 unspecified atom stereocenters. The van der Waals surface area contributed by atoms with Crippen molar-refractivity contribution in [3.05, 3.63) is 53.9 Å². The summed E-state index contributed by atoms with van der Waals surface area (Å²) >= 11 is 0.